The zero-order valence-electron chi connectivity index (χ0n) is 9.00. The first-order chi connectivity index (χ1) is 7.11. The third-order valence-electron chi connectivity index (χ3n) is 1.85. The molecule has 0 aromatic heterocycles. The zero-order valence-corrected chi connectivity index (χ0v) is 10.6. The molecule has 1 aromatic carbocycles. The first kappa shape index (κ1) is 12.6. The van der Waals surface area contributed by atoms with Gasteiger partial charge in [0.1, 0.15) is 0 Å². The fourth-order valence-electron chi connectivity index (χ4n) is 1.23. The molecule has 82 valence electrons. The highest BCUT2D eigenvalue weighted by molar-refractivity contribution is 7.99. The van der Waals surface area contributed by atoms with Crippen LogP contribution in [0.4, 0.5) is 0 Å². The van der Waals surface area contributed by atoms with Gasteiger partial charge in [-0.25, -0.2) is 0 Å². The number of carbonyl (C=O) groups is 1. The summed E-state index contributed by atoms with van der Waals surface area (Å²) in [6.45, 7) is 4.32. The molecule has 0 fully saturated rings. The third kappa shape index (κ3) is 4.72. The van der Waals surface area contributed by atoms with E-state index < -0.39 is 0 Å². The number of benzene rings is 1. The Morgan fingerprint density at radius 3 is 2.40 bits per heavy atom. The van der Waals surface area contributed by atoms with Gasteiger partial charge in [-0.05, 0) is 17.7 Å². The lowest BCUT2D eigenvalue weighted by Gasteiger charge is -2.05. The highest BCUT2D eigenvalue weighted by Gasteiger charge is 2.02. The van der Waals surface area contributed by atoms with Crippen molar-refractivity contribution < 1.29 is 4.79 Å². The predicted molar refractivity (Wildman–Crippen MR) is 66.9 cm³/mol. The number of hydrogen-bond acceptors (Lipinski definition) is 2. The van der Waals surface area contributed by atoms with Crippen molar-refractivity contribution in [3.63, 3.8) is 0 Å². The average Bonchev–Trinajstić information content (AvgIpc) is 2.20. The Morgan fingerprint density at radius 2 is 1.93 bits per heavy atom. The number of carbonyl (C=O) groups excluding carboxylic acids is 1. The number of Topliss-reactive ketones (excluding diaryl/α,β-unsaturated/α-hetero) is 1. The molecule has 0 amide bonds. The summed E-state index contributed by atoms with van der Waals surface area (Å²) in [4.78, 5) is 12.3. The summed E-state index contributed by atoms with van der Waals surface area (Å²) in [5.74, 6) is 0.170. The Kier molecular flexibility index (Phi) is 5.20. The van der Waals surface area contributed by atoms with Crippen LogP contribution in [0, 0.1) is 0 Å². The van der Waals surface area contributed by atoms with Gasteiger partial charge in [0.25, 0.3) is 0 Å². The molecule has 0 aliphatic heterocycles. The first-order valence-electron chi connectivity index (χ1n) is 4.95. The minimum atomic E-state index is 0.0703. The Morgan fingerprint density at radius 1 is 1.33 bits per heavy atom. The van der Waals surface area contributed by atoms with Crippen LogP contribution in [-0.4, -0.2) is 16.9 Å². The molecule has 1 rings (SSSR count). The molecule has 0 saturated heterocycles. The second-order valence-corrected chi connectivity index (χ2v) is 5.58. The topological polar surface area (TPSA) is 17.1 Å². The van der Waals surface area contributed by atoms with E-state index in [1.165, 1.54) is 4.90 Å². The number of alkyl halides is 1. The molecule has 1 nitrogen and oxygen atoms in total. The zero-order chi connectivity index (χ0) is 11.3. The molecule has 0 N–H and O–H groups in total. The molecule has 1 aromatic rings. The quantitative estimate of drug-likeness (QED) is 0.580. The van der Waals surface area contributed by atoms with E-state index in [1.807, 2.05) is 23.9 Å². The fraction of sp³-hybridized carbons (Fsp3) is 0.417. The van der Waals surface area contributed by atoms with Crippen molar-refractivity contribution in [2.75, 3.05) is 5.88 Å². The maximum atomic E-state index is 11.1. The molecule has 0 atom stereocenters. The van der Waals surface area contributed by atoms with Crippen LogP contribution in [0.2, 0.25) is 0 Å². The van der Waals surface area contributed by atoms with E-state index in [-0.39, 0.29) is 11.7 Å². The van der Waals surface area contributed by atoms with E-state index in [0.717, 1.165) is 5.56 Å². The van der Waals surface area contributed by atoms with E-state index >= 15 is 0 Å². The van der Waals surface area contributed by atoms with Crippen molar-refractivity contribution in [3.05, 3.63) is 29.8 Å². The van der Waals surface area contributed by atoms with E-state index in [1.54, 1.807) is 0 Å². The van der Waals surface area contributed by atoms with Gasteiger partial charge >= 0.3 is 0 Å². The lowest BCUT2D eigenvalue weighted by Crippen LogP contribution is -2.03. The number of hydrogen-bond donors (Lipinski definition) is 0. The van der Waals surface area contributed by atoms with Crippen LogP contribution < -0.4 is 0 Å². The van der Waals surface area contributed by atoms with Gasteiger partial charge in [0.15, 0.2) is 5.78 Å². The van der Waals surface area contributed by atoms with Gasteiger partial charge in [0.05, 0.1) is 5.88 Å². The summed E-state index contributed by atoms with van der Waals surface area (Å²) in [6.07, 6.45) is 0.441. The van der Waals surface area contributed by atoms with Gasteiger partial charge in [0, 0.05) is 16.6 Å². The lowest BCUT2D eigenvalue weighted by atomic mass is 10.1. The molecule has 0 saturated carbocycles. The van der Waals surface area contributed by atoms with Crippen LogP contribution in [0.5, 0.6) is 0 Å². The first-order valence-corrected chi connectivity index (χ1v) is 6.36. The maximum absolute atomic E-state index is 11.1. The van der Waals surface area contributed by atoms with Crippen molar-refractivity contribution in [1.29, 1.82) is 0 Å². The van der Waals surface area contributed by atoms with Gasteiger partial charge in [-0.1, -0.05) is 26.0 Å². The Hall–Kier alpha value is -0.470. The van der Waals surface area contributed by atoms with Gasteiger partial charge in [-0.3, -0.25) is 4.79 Å². The van der Waals surface area contributed by atoms with Crippen LogP contribution in [-0.2, 0) is 11.2 Å². The SMILES string of the molecule is CC(C)Sc1ccc(CC(=O)CCl)cc1. The normalized spacial score (nSPS) is 10.7. The molecule has 0 bridgehead atoms. The summed E-state index contributed by atoms with van der Waals surface area (Å²) in [7, 11) is 0. The summed E-state index contributed by atoms with van der Waals surface area (Å²) in [6, 6.07) is 8.10. The van der Waals surface area contributed by atoms with Gasteiger partial charge in [0.2, 0.25) is 0 Å². The Labute approximate surface area is 100 Å². The minimum absolute atomic E-state index is 0.0703. The summed E-state index contributed by atoms with van der Waals surface area (Å²) in [5, 5.41) is 0.584. The van der Waals surface area contributed by atoms with E-state index in [4.69, 9.17) is 11.6 Å². The third-order valence-corrected chi connectivity index (χ3v) is 3.16. The maximum Gasteiger partial charge on any atom is 0.151 e. The molecule has 0 heterocycles. The Bertz CT molecular complexity index is 319. The van der Waals surface area contributed by atoms with Gasteiger partial charge in [-0.2, -0.15) is 0 Å². The van der Waals surface area contributed by atoms with Crippen LogP contribution in [0.15, 0.2) is 29.2 Å². The second kappa shape index (κ2) is 6.19. The lowest BCUT2D eigenvalue weighted by molar-refractivity contribution is -0.116. The summed E-state index contributed by atoms with van der Waals surface area (Å²) < 4.78 is 0. The van der Waals surface area contributed by atoms with Crippen molar-refractivity contribution in [1.82, 2.24) is 0 Å². The predicted octanol–water partition coefficient (Wildman–Crippen LogP) is 3.54. The minimum Gasteiger partial charge on any atom is -0.298 e. The number of thioether (sulfide) groups is 1. The molecule has 3 heteroatoms. The molecular formula is C12H15ClOS. The molecule has 0 spiro atoms. The van der Waals surface area contributed by atoms with Crippen LogP contribution in [0.1, 0.15) is 19.4 Å². The smallest absolute Gasteiger partial charge is 0.151 e. The standard InChI is InChI=1S/C12H15ClOS/c1-9(2)15-12-5-3-10(4-6-12)7-11(14)8-13/h3-6,9H,7-8H2,1-2H3. The molecule has 15 heavy (non-hydrogen) atoms. The van der Waals surface area contributed by atoms with Crippen LogP contribution in [0.3, 0.4) is 0 Å². The van der Waals surface area contributed by atoms with Crippen molar-refractivity contribution in [2.24, 2.45) is 0 Å². The molecule has 0 unspecified atom stereocenters. The number of ketones is 1. The average molecular weight is 243 g/mol. The van der Waals surface area contributed by atoms with E-state index in [9.17, 15) is 4.79 Å². The second-order valence-electron chi connectivity index (χ2n) is 3.66. The highest BCUT2D eigenvalue weighted by atomic mass is 35.5. The summed E-state index contributed by atoms with van der Waals surface area (Å²) in [5.41, 5.74) is 1.04. The van der Waals surface area contributed by atoms with Crippen molar-refractivity contribution in [3.8, 4) is 0 Å². The molecular weight excluding hydrogens is 228 g/mol. The van der Waals surface area contributed by atoms with Crippen LogP contribution >= 0.6 is 23.4 Å². The van der Waals surface area contributed by atoms with Gasteiger partial charge < -0.3 is 0 Å². The molecule has 0 aliphatic carbocycles. The van der Waals surface area contributed by atoms with Gasteiger partial charge in [-0.15, -0.1) is 23.4 Å². The largest absolute Gasteiger partial charge is 0.298 e. The van der Waals surface area contributed by atoms with Crippen LogP contribution in [0.25, 0.3) is 0 Å². The van der Waals surface area contributed by atoms with Crippen molar-refractivity contribution in [2.45, 2.75) is 30.4 Å². The van der Waals surface area contributed by atoms with Crippen molar-refractivity contribution >= 4 is 29.1 Å². The molecule has 0 radical (unpaired) electrons. The Balaban J connectivity index is 2.60. The fourth-order valence-corrected chi connectivity index (χ4v) is 2.16. The number of rotatable bonds is 5. The highest BCUT2D eigenvalue weighted by Crippen LogP contribution is 2.22. The monoisotopic (exact) mass is 242 g/mol. The summed E-state index contributed by atoms with van der Waals surface area (Å²) >= 11 is 7.27. The number of halogens is 1. The molecule has 0 aliphatic rings. The van der Waals surface area contributed by atoms with E-state index in [0.29, 0.717) is 11.7 Å². The van der Waals surface area contributed by atoms with E-state index in [2.05, 4.69) is 26.0 Å².